The number of carbonyl (C=O) groups is 1. The van der Waals surface area contributed by atoms with Crippen LogP contribution in [-0.2, 0) is 0 Å². The lowest BCUT2D eigenvalue weighted by Crippen LogP contribution is -2.40. The number of urea groups is 1. The first-order valence-electron chi connectivity index (χ1n) is 6.29. The molecule has 2 N–H and O–H groups in total. The lowest BCUT2D eigenvalue weighted by Gasteiger charge is -2.25. The van der Waals surface area contributed by atoms with Crippen LogP contribution < -0.4 is 10.6 Å². The number of aryl methyl sites for hydroxylation is 1. The van der Waals surface area contributed by atoms with Crippen molar-refractivity contribution in [3.63, 3.8) is 0 Å². The molecule has 18 heavy (non-hydrogen) atoms. The predicted octanol–water partition coefficient (Wildman–Crippen LogP) is 1.92. The fraction of sp³-hybridized carbons (Fsp3) is 0.500. The summed E-state index contributed by atoms with van der Waals surface area (Å²) in [6.07, 6.45) is 0. The van der Waals surface area contributed by atoms with Gasteiger partial charge in [0.2, 0.25) is 0 Å². The van der Waals surface area contributed by atoms with E-state index in [1.54, 1.807) is 0 Å². The summed E-state index contributed by atoms with van der Waals surface area (Å²) in [6.45, 7) is 5.22. The third-order valence-electron chi connectivity index (χ3n) is 2.88. The molecule has 1 unspecified atom stereocenters. The Morgan fingerprint density at radius 1 is 1.22 bits per heavy atom. The Morgan fingerprint density at radius 2 is 1.83 bits per heavy atom. The van der Waals surface area contributed by atoms with Crippen molar-refractivity contribution in [1.82, 2.24) is 15.5 Å². The van der Waals surface area contributed by atoms with Gasteiger partial charge in [0.15, 0.2) is 0 Å². The van der Waals surface area contributed by atoms with Crippen molar-refractivity contribution < 1.29 is 4.79 Å². The quantitative estimate of drug-likeness (QED) is 0.837. The van der Waals surface area contributed by atoms with Gasteiger partial charge in [0, 0.05) is 13.1 Å². The lowest BCUT2D eigenvalue weighted by molar-refractivity contribution is 0.233. The highest BCUT2D eigenvalue weighted by Crippen LogP contribution is 2.17. The van der Waals surface area contributed by atoms with Crippen LogP contribution >= 0.6 is 0 Å². The molecule has 0 aliphatic heterocycles. The molecule has 4 nitrogen and oxygen atoms in total. The smallest absolute Gasteiger partial charge is 0.314 e. The van der Waals surface area contributed by atoms with Gasteiger partial charge in [-0.1, -0.05) is 29.8 Å². The first kappa shape index (κ1) is 14.5. The summed E-state index contributed by atoms with van der Waals surface area (Å²) in [5.41, 5.74) is 2.45. The summed E-state index contributed by atoms with van der Waals surface area (Å²) in [4.78, 5) is 13.5. The lowest BCUT2D eigenvalue weighted by atomic mass is 10.0. The first-order valence-corrected chi connectivity index (χ1v) is 6.29. The largest absolute Gasteiger partial charge is 0.338 e. The average Bonchev–Trinajstić information content (AvgIpc) is 2.31. The van der Waals surface area contributed by atoms with Crippen LogP contribution in [-0.4, -0.2) is 38.1 Å². The summed E-state index contributed by atoms with van der Waals surface area (Å²) in [6, 6.07) is 8.49. The van der Waals surface area contributed by atoms with E-state index in [4.69, 9.17) is 0 Å². The predicted molar refractivity (Wildman–Crippen MR) is 74.7 cm³/mol. The van der Waals surface area contributed by atoms with Crippen LogP contribution in [0.15, 0.2) is 24.3 Å². The number of rotatable bonds is 5. The maximum atomic E-state index is 11.4. The Hall–Kier alpha value is -1.55. The zero-order valence-corrected chi connectivity index (χ0v) is 11.7. The van der Waals surface area contributed by atoms with Crippen molar-refractivity contribution in [2.24, 2.45) is 0 Å². The summed E-state index contributed by atoms with van der Waals surface area (Å²) in [5.74, 6) is 0. The van der Waals surface area contributed by atoms with Crippen LogP contribution in [0.25, 0.3) is 0 Å². The van der Waals surface area contributed by atoms with Crippen molar-refractivity contribution in [2.45, 2.75) is 19.9 Å². The molecule has 0 radical (unpaired) electrons. The van der Waals surface area contributed by atoms with Gasteiger partial charge in [0.1, 0.15) is 0 Å². The van der Waals surface area contributed by atoms with E-state index < -0.39 is 0 Å². The Bertz CT molecular complexity index is 373. The molecular weight excluding hydrogens is 226 g/mol. The molecule has 1 rings (SSSR count). The summed E-state index contributed by atoms with van der Waals surface area (Å²) in [7, 11) is 4.04. The van der Waals surface area contributed by atoms with E-state index in [0.717, 1.165) is 0 Å². The molecule has 0 saturated carbocycles. The second kappa shape index (κ2) is 7.01. The van der Waals surface area contributed by atoms with Crippen molar-refractivity contribution in [3.8, 4) is 0 Å². The number of nitrogens with zero attached hydrogens (tertiary/aromatic N) is 1. The van der Waals surface area contributed by atoms with E-state index in [1.165, 1.54) is 11.1 Å². The van der Waals surface area contributed by atoms with Crippen molar-refractivity contribution in [1.29, 1.82) is 0 Å². The van der Waals surface area contributed by atoms with E-state index >= 15 is 0 Å². The molecule has 0 saturated heterocycles. The molecule has 0 bridgehead atoms. The van der Waals surface area contributed by atoms with Crippen LogP contribution in [0.4, 0.5) is 4.79 Å². The molecule has 0 spiro atoms. The molecular formula is C14H23N3O. The number of hydrogen-bond donors (Lipinski definition) is 2. The fourth-order valence-corrected chi connectivity index (χ4v) is 1.80. The fourth-order valence-electron chi connectivity index (χ4n) is 1.80. The van der Waals surface area contributed by atoms with Crippen LogP contribution in [0, 0.1) is 6.92 Å². The maximum absolute atomic E-state index is 11.4. The zero-order chi connectivity index (χ0) is 13.5. The minimum Gasteiger partial charge on any atom is -0.338 e. The molecule has 1 aromatic rings. The van der Waals surface area contributed by atoms with E-state index in [2.05, 4.69) is 46.7 Å². The van der Waals surface area contributed by atoms with E-state index in [0.29, 0.717) is 13.1 Å². The van der Waals surface area contributed by atoms with Crippen LogP contribution in [0.5, 0.6) is 0 Å². The summed E-state index contributed by atoms with van der Waals surface area (Å²) < 4.78 is 0. The Morgan fingerprint density at radius 3 is 2.33 bits per heavy atom. The molecule has 0 aliphatic carbocycles. The number of amides is 2. The van der Waals surface area contributed by atoms with Gasteiger partial charge in [-0.2, -0.15) is 0 Å². The van der Waals surface area contributed by atoms with Crippen LogP contribution in [0.3, 0.4) is 0 Å². The van der Waals surface area contributed by atoms with Crippen LogP contribution in [0.2, 0.25) is 0 Å². The third kappa shape index (κ3) is 4.37. The maximum Gasteiger partial charge on any atom is 0.314 e. The topological polar surface area (TPSA) is 44.4 Å². The zero-order valence-electron chi connectivity index (χ0n) is 11.7. The Kier molecular flexibility index (Phi) is 5.65. The molecule has 4 heteroatoms. The highest BCUT2D eigenvalue weighted by atomic mass is 16.2. The Balaban J connectivity index is 2.65. The second-order valence-corrected chi connectivity index (χ2v) is 4.63. The number of carbonyl (C=O) groups excluding carboxylic acids is 1. The summed E-state index contributed by atoms with van der Waals surface area (Å²) in [5, 5.41) is 5.62. The number of benzene rings is 1. The second-order valence-electron chi connectivity index (χ2n) is 4.63. The SMILES string of the molecule is CCNC(=O)NCC(c1ccc(C)cc1)N(C)C. The highest BCUT2D eigenvalue weighted by Gasteiger charge is 2.14. The molecule has 0 aromatic heterocycles. The van der Waals surface area contributed by atoms with Gasteiger partial charge < -0.3 is 15.5 Å². The molecule has 100 valence electrons. The Labute approximate surface area is 109 Å². The monoisotopic (exact) mass is 249 g/mol. The van der Waals surface area contributed by atoms with Crippen LogP contribution in [0.1, 0.15) is 24.1 Å². The first-order chi connectivity index (χ1) is 8.54. The van der Waals surface area contributed by atoms with E-state index in [1.807, 2.05) is 21.0 Å². The minimum absolute atomic E-state index is 0.114. The van der Waals surface area contributed by atoms with Crippen molar-refractivity contribution in [2.75, 3.05) is 27.2 Å². The molecule has 0 fully saturated rings. The molecule has 0 heterocycles. The molecule has 2 amide bonds. The molecule has 0 aliphatic rings. The van der Waals surface area contributed by atoms with Gasteiger partial charge in [-0.3, -0.25) is 0 Å². The van der Waals surface area contributed by atoms with E-state index in [-0.39, 0.29) is 12.1 Å². The third-order valence-corrected chi connectivity index (χ3v) is 2.88. The minimum atomic E-state index is -0.114. The summed E-state index contributed by atoms with van der Waals surface area (Å²) >= 11 is 0. The van der Waals surface area contributed by atoms with Gasteiger partial charge in [-0.25, -0.2) is 4.79 Å². The average molecular weight is 249 g/mol. The van der Waals surface area contributed by atoms with Gasteiger partial charge >= 0.3 is 6.03 Å². The van der Waals surface area contributed by atoms with Crippen molar-refractivity contribution in [3.05, 3.63) is 35.4 Å². The standard InChI is InChI=1S/C14H23N3O/c1-5-15-14(18)16-10-13(17(3)4)12-8-6-11(2)7-9-12/h6-9,13H,5,10H2,1-4H3,(H2,15,16,18). The van der Waals surface area contributed by atoms with Gasteiger partial charge in [0.05, 0.1) is 6.04 Å². The number of hydrogen-bond acceptors (Lipinski definition) is 2. The molecule has 1 aromatic carbocycles. The number of likely N-dealkylation sites (N-methyl/N-ethyl adjacent to an activating group) is 1. The van der Waals surface area contributed by atoms with Gasteiger partial charge in [0.25, 0.3) is 0 Å². The highest BCUT2D eigenvalue weighted by molar-refractivity contribution is 5.73. The number of nitrogens with one attached hydrogen (secondary N) is 2. The molecule has 1 atom stereocenters. The van der Waals surface area contributed by atoms with Gasteiger partial charge in [-0.15, -0.1) is 0 Å². The van der Waals surface area contributed by atoms with Gasteiger partial charge in [-0.05, 0) is 33.5 Å². The normalized spacial score (nSPS) is 12.3. The van der Waals surface area contributed by atoms with Crippen molar-refractivity contribution >= 4 is 6.03 Å². The van der Waals surface area contributed by atoms with E-state index in [9.17, 15) is 4.79 Å².